The van der Waals surface area contributed by atoms with Crippen LogP contribution in [0.15, 0.2) is 0 Å². The molecule has 0 aliphatic rings. The molecule has 0 bridgehead atoms. The van der Waals surface area contributed by atoms with Crippen LogP contribution in [0.3, 0.4) is 0 Å². The average Bonchev–Trinajstić information content (AvgIpc) is 2.38. The number of unbranched alkanes of at least 4 members (excludes halogenated alkanes) is 3. The molecule has 2 amide bonds. The molecule has 0 saturated carbocycles. The van der Waals surface area contributed by atoms with Gasteiger partial charge in [-0.1, -0.05) is 12.8 Å². The van der Waals surface area contributed by atoms with Gasteiger partial charge in [-0.2, -0.15) is 5.26 Å². The lowest BCUT2D eigenvalue weighted by molar-refractivity contribution is -0.137. The Bertz CT molecular complexity index is 313. The highest BCUT2D eigenvalue weighted by Crippen LogP contribution is 2.02. The summed E-state index contributed by atoms with van der Waals surface area (Å²) in [5.74, 6) is -0.760. The van der Waals surface area contributed by atoms with Crippen LogP contribution in [0.5, 0.6) is 0 Å². The van der Waals surface area contributed by atoms with E-state index in [0.717, 1.165) is 19.3 Å². The largest absolute Gasteiger partial charge is 0.481 e. The highest BCUT2D eigenvalue weighted by atomic mass is 16.4. The number of carboxylic acid groups (broad SMARTS) is 1. The number of carboxylic acids is 1. The first-order valence-corrected chi connectivity index (χ1v) is 6.73. The van der Waals surface area contributed by atoms with Gasteiger partial charge in [0.05, 0.1) is 12.5 Å². The van der Waals surface area contributed by atoms with Crippen LogP contribution >= 0.6 is 0 Å². The van der Waals surface area contributed by atoms with Gasteiger partial charge in [-0.25, -0.2) is 4.79 Å². The first kappa shape index (κ1) is 17.2. The van der Waals surface area contributed by atoms with Gasteiger partial charge in [-0.3, -0.25) is 4.79 Å². The molecule has 0 saturated heterocycles. The number of urea groups is 1. The van der Waals surface area contributed by atoms with E-state index in [4.69, 9.17) is 10.4 Å². The second-order valence-electron chi connectivity index (χ2n) is 4.28. The van der Waals surface area contributed by atoms with E-state index in [2.05, 4.69) is 5.32 Å². The molecule has 0 aliphatic heterocycles. The fraction of sp³-hybridized carbons (Fsp3) is 0.769. The van der Waals surface area contributed by atoms with Crippen molar-refractivity contribution in [3.63, 3.8) is 0 Å². The third-order valence-corrected chi connectivity index (χ3v) is 2.76. The Morgan fingerprint density at radius 1 is 1.26 bits per heavy atom. The summed E-state index contributed by atoms with van der Waals surface area (Å²) < 4.78 is 0. The zero-order chi connectivity index (χ0) is 14.5. The van der Waals surface area contributed by atoms with Crippen molar-refractivity contribution < 1.29 is 14.7 Å². The number of rotatable bonds is 10. The molecule has 0 rings (SSSR count). The van der Waals surface area contributed by atoms with Gasteiger partial charge in [0.1, 0.15) is 0 Å². The van der Waals surface area contributed by atoms with E-state index in [1.807, 2.05) is 13.0 Å². The molecule has 0 fully saturated rings. The molecule has 0 aromatic heterocycles. The first-order chi connectivity index (χ1) is 9.11. The molecule has 2 N–H and O–H groups in total. The second kappa shape index (κ2) is 11.3. The first-order valence-electron chi connectivity index (χ1n) is 6.73. The van der Waals surface area contributed by atoms with E-state index in [9.17, 15) is 9.59 Å². The molecular weight excluding hydrogens is 246 g/mol. The van der Waals surface area contributed by atoms with E-state index < -0.39 is 5.97 Å². The minimum atomic E-state index is -0.760. The summed E-state index contributed by atoms with van der Waals surface area (Å²) in [6, 6.07) is 1.88. The number of amides is 2. The SMILES string of the molecule is CCN(CCC#N)C(=O)NCCCCCCC(=O)O. The minimum absolute atomic E-state index is 0.136. The van der Waals surface area contributed by atoms with Crippen molar-refractivity contribution in [2.75, 3.05) is 19.6 Å². The van der Waals surface area contributed by atoms with Crippen LogP contribution in [-0.4, -0.2) is 41.6 Å². The average molecular weight is 269 g/mol. The minimum Gasteiger partial charge on any atom is -0.481 e. The zero-order valence-corrected chi connectivity index (χ0v) is 11.5. The van der Waals surface area contributed by atoms with Gasteiger partial charge in [0, 0.05) is 26.1 Å². The van der Waals surface area contributed by atoms with Crippen LogP contribution in [0.1, 0.15) is 45.4 Å². The number of carbonyl (C=O) groups is 2. The maximum Gasteiger partial charge on any atom is 0.317 e. The number of hydrogen-bond acceptors (Lipinski definition) is 3. The van der Waals surface area contributed by atoms with E-state index in [1.54, 1.807) is 4.90 Å². The Morgan fingerprint density at radius 2 is 1.95 bits per heavy atom. The summed E-state index contributed by atoms with van der Waals surface area (Å²) in [5.41, 5.74) is 0. The van der Waals surface area contributed by atoms with E-state index in [-0.39, 0.29) is 12.5 Å². The van der Waals surface area contributed by atoms with Gasteiger partial charge in [-0.05, 0) is 19.8 Å². The fourth-order valence-electron chi connectivity index (χ4n) is 1.65. The number of nitriles is 1. The number of aliphatic carboxylic acids is 1. The Morgan fingerprint density at radius 3 is 2.53 bits per heavy atom. The number of hydrogen-bond donors (Lipinski definition) is 2. The van der Waals surface area contributed by atoms with Crippen molar-refractivity contribution in [3.8, 4) is 6.07 Å². The molecule has 0 atom stereocenters. The lowest BCUT2D eigenvalue weighted by Crippen LogP contribution is -2.40. The van der Waals surface area contributed by atoms with E-state index in [1.165, 1.54) is 0 Å². The molecule has 0 aromatic rings. The Balaban J connectivity index is 3.56. The van der Waals surface area contributed by atoms with Crippen molar-refractivity contribution in [3.05, 3.63) is 0 Å². The normalized spacial score (nSPS) is 9.68. The topological polar surface area (TPSA) is 93.4 Å². The summed E-state index contributed by atoms with van der Waals surface area (Å²) in [6.07, 6.45) is 3.88. The standard InChI is InChI=1S/C13H23N3O3/c1-2-16(11-7-9-14)13(19)15-10-6-4-3-5-8-12(17)18/h2-8,10-11H2,1H3,(H,15,19)(H,17,18). The molecular formula is C13H23N3O3. The van der Waals surface area contributed by atoms with Gasteiger partial charge >= 0.3 is 12.0 Å². The van der Waals surface area contributed by atoms with E-state index >= 15 is 0 Å². The molecule has 0 radical (unpaired) electrons. The van der Waals surface area contributed by atoms with Crippen molar-refractivity contribution in [1.82, 2.24) is 10.2 Å². The fourth-order valence-corrected chi connectivity index (χ4v) is 1.65. The van der Waals surface area contributed by atoms with Crippen LogP contribution in [0.25, 0.3) is 0 Å². The van der Waals surface area contributed by atoms with Crippen molar-refractivity contribution >= 4 is 12.0 Å². The number of nitrogens with zero attached hydrogens (tertiary/aromatic N) is 2. The van der Waals surface area contributed by atoms with Crippen LogP contribution in [0.2, 0.25) is 0 Å². The van der Waals surface area contributed by atoms with Crippen molar-refractivity contribution in [2.24, 2.45) is 0 Å². The monoisotopic (exact) mass is 269 g/mol. The van der Waals surface area contributed by atoms with Crippen LogP contribution in [0, 0.1) is 11.3 Å². The molecule has 0 unspecified atom stereocenters. The third-order valence-electron chi connectivity index (χ3n) is 2.76. The predicted molar refractivity (Wildman–Crippen MR) is 71.6 cm³/mol. The Labute approximate surface area is 114 Å². The van der Waals surface area contributed by atoms with Crippen molar-refractivity contribution in [2.45, 2.75) is 45.4 Å². The molecule has 0 aromatic carbocycles. The molecule has 6 nitrogen and oxygen atoms in total. The maximum atomic E-state index is 11.7. The maximum absolute atomic E-state index is 11.7. The smallest absolute Gasteiger partial charge is 0.317 e. The number of carbonyl (C=O) groups excluding carboxylic acids is 1. The Kier molecular flexibility index (Phi) is 10.3. The van der Waals surface area contributed by atoms with Crippen LogP contribution in [0.4, 0.5) is 4.79 Å². The summed E-state index contributed by atoms with van der Waals surface area (Å²) in [7, 11) is 0. The molecule has 19 heavy (non-hydrogen) atoms. The summed E-state index contributed by atoms with van der Waals surface area (Å²) in [5, 5.41) is 19.7. The predicted octanol–water partition coefficient (Wildman–Crippen LogP) is 1.97. The Hall–Kier alpha value is -1.77. The molecule has 0 aliphatic carbocycles. The lowest BCUT2D eigenvalue weighted by atomic mass is 10.1. The van der Waals surface area contributed by atoms with Crippen LogP contribution < -0.4 is 5.32 Å². The lowest BCUT2D eigenvalue weighted by Gasteiger charge is -2.19. The molecule has 0 spiro atoms. The second-order valence-corrected chi connectivity index (χ2v) is 4.28. The summed E-state index contributed by atoms with van der Waals surface area (Å²) >= 11 is 0. The van der Waals surface area contributed by atoms with Crippen LogP contribution in [-0.2, 0) is 4.79 Å². The van der Waals surface area contributed by atoms with Gasteiger partial charge in [0.2, 0.25) is 0 Å². The van der Waals surface area contributed by atoms with Crippen molar-refractivity contribution in [1.29, 1.82) is 5.26 Å². The molecule has 0 heterocycles. The van der Waals surface area contributed by atoms with Gasteiger partial charge in [0.25, 0.3) is 0 Å². The quantitative estimate of drug-likeness (QED) is 0.593. The molecule has 108 valence electrons. The van der Waals surface area contributed by atoms with Gasteiger partial charge < -0.3 is 15.3 Å². The summed E-state index contributed by atoms with van der Waals surface area (Å²) in [6.45, 7) is 3.52. The third kappa shape index (κ3) is 9.89. The summed E-state index contributed by atoms with van der Waals surface area (Å²) in [4.78, 5) is 23.6. The van der Waals surface area contributed by atoms with Gasteiger partial charge in [-0.15, -0.1) is 0 Å². The highest BCUT2D eigenvalue weighted by Gasteiger charge is 2.09. The molecule has 6 heteroatoms. The van der Waals surface area contributed by atoms with Gasteiger partial charge in [0.15, 0.2) is 0 Å². The highest BCUT2D eigenvalue weighted by molar-refractivity contribution is 5.74. The zero-order valence-electron chi connectivity index (χ0n) is 11.5. The van der Waals surface area contributed by atoms with E-state index in [0.29, 0.717) is 32.5 Å². The number of nitrogens with one attached hydrogen (secondary N) is 1.